The van der Waals surface area contributed by atoms with E-state index in [0.717, 1.165) is 11.0 Å². The lowest BCUT2D eigenvalue weighted by Gasteiger charge is -2.16. The van der Waals surface area contributed by atoms with Crippen LogP contribution in [0.15, 0.2) is 58.1 Å². The smallest absolute Gasteiger partial charge is 0.336 e. The van der Waals surface area contributed by atoms with E-state index in [4.69, 9.17) is 0 Å². The number of halogens is 1. The van der Waals surface area contributed by atoms with Gasteiger partial charge in [-0.25, -0.2) is 13.8 Å². The highest BCUT2D eigenvalue weighted by Crippen LogP contribution is 2.11. The van der Waals surface area contributed by atoms with Crippen LogP contribution in [0, 0.1) is 5.82 Å². The van der Waals surface area contributed by atoms with Gasteiger partial charge in [-0.1, -0.05) is 19.1 Å². The fourth-order valence-electron chi connectivity index (χ4n) is 2.86. The molecule has 140 valence electrons. The monoisotopic (exact) mass is 369 g/mol. The Morgan fingerprint density at radius 1 is 1.11 bits per heavy atom. The Labute approximate surface area is 154 Å². The summed E-state index contributed by atoms with van der Waals surface area (Å²) < 4.78 is 15.5. The van der Waals surface area contributed by atoms with Crippen molar-refractivity contribution in [1.29, 1.82) is 0 Å². The van der Waals surface area contributed by atoms with Gasteiger partial charge in [0.15, 0.2) is 0 Å². The SMILES string of the molecule is CCC(C)NC(=O)Cn1c(=O)n(-c2ccc(F)cc2)c(=O)c2ccccc21. The van der Waals surface area contributed by atoms with Crippen molar-refractivity contribution in [2.75, 3.05) is 0 Å². The third kappa shape index (κ3) is 3.67. The molecule has 6 nitrogen and oxygen atoms in total. The van der Waals surface area contributed by atoms with Gasteiger partial charge in [0.25, 0.3) is 5.56 Å². The number of carbonyl (C=O) groups is 1. The number of amides is 1. The van der Waals surface area contributed by atoms with Crippen LogP contribution in [0.1, 0.15) is 20.3 Å². The van der Waals surface area contributed by atoms with Crippen LogP contribution in [0.4, 0.5) is 4.39 Å². The molecule has 1 atom stereocenters. The minimum Gasteiger partial charge on any atom is -0.352 e. The number of hydrogen-bond donors (Lipinski definition) is 1. The lowest BCUT2D eigenvalue weighted by atomic mass is 10.2. The molecule has 7 heteroatoms. The highest BCUT2D eigenvalue weighted by atomic mass is 19.1. The number of benzene rings is 2. The van der Waals surface area contributed by atoms with E-state index < -0.39 is 17.1 Å². The van der Waals surface area contributed by atoms with E-state index in [0.29, 0.717) is 10.9 Å². The summed E-state index contributed by atoms with van der Waals surface area (Å²) in [5.74, 6) is -0.790. The van der Waals surface area contributed by atoms with E-state index in [-0.39, 0.29) is 24.2 Å². The Morgan fingerprint density at radius 3 is 2.44 bits per heavy atom. The summed E-state index contributed by atoms with van der Waals surface area (Å²) >= 11 is 0. The largest absolute Gasteiger partial charge is 0.352 e. The fourth-order valence-corrected chi connectivity index (χ4v) is 2.86. The van der Waals surface area contributed by atoms with Gasteiger partial charge in [0.1, 0.15) is 12.4 Å². The summed E-state index contributed by atoms with van der Waals surface area (Å²) in [6.45, 7) is 3.60. The lowest BCUT2D eigenvalue weighted by molar-refractivity contribution is -0.122. The van der Waals surface area contributed by atoms with Gasteiger partial charge in [0.05, 0.1) is 16.6 Å². The minimum absolute atomic E-state index is 0.0255. The lowest BCUT2D eigenvalue weighted by Crippen LogP contribution is -2.43. The molecule has 0 fully saturated rings. The van der Waals surface area contributed by atoms with Gasteiger partial charge < -0.3 is 5.32 Å². The van der Waals surface area contributed by atoms with Crippen LogP contribution >= 0.6 is 0 Å². The highest BCUT2D eigenvalue weighted by molar-refractivity contribution is 5.82. The molecule has 3 rings (SSSR count). The first kappa shape index (κ1) is 18.6. The predicted molar refractivity (Wildman–Crippen MR) is 102 cm³/mol. The van der Waals surface area contributed by atoms with Crippen LogP contribution in [0.5, 0.6) is 0 Å². The van der Waals surface area contributed by atoms with Crippen molar-refractivity contribution in [3.8, 4) is 5.69 Å². The molecule has 2 aromatic carbocycles. The van der Waals surface area contributed by atoms with Gasteiger partial charge in [-0.2, -0.15) is 0 Å². The Kier molecular flexibility index (Phi) is 5.21. The number of nitrogens with zero attached hydrogens (tertiary/aromatic N) is 2. The van der Waals surface area contributed by atoms with Gasteiger partial charge >= 0.3 is 5.69 Å². The standard InChI is InChI=1S/C20H20FN3O3/c1-3-13(2)22-18(25)12-23-17-7-5-4-6-16(17)19(26)24(20(23)27)15-10-8-14(21)9-11-15/h4-11,13H,3,12H2,1-2H3,(H,22,25). The van der Waals surface area contributed by atoms with Gasteiger partial charge in [-0.05, 0) is 49.7 Å². The molecule has 1 unspecified atom stereocenters. The molecule has 0 radical (unpaired) electrons. The van der Waals surface area contributed by atoms with E-state index in [9.17, 15) is 18.8 Å². The maximum atomic E-state index is 13.2. The molecule has 1 amide bonds. The first-order chi connectivity index (χ1) is 12.9. The third-order valence-electron chi connectivity index (χ3n) is 4.46. The number of para-hydroxylation sites is 1. The first-order valence-electron chi connectivity index (χ1n) is 8.72. The van der Waals surface area contributed by atoms with Gasteiger partial charge in [0, 0.05) is 6.04 Å². The topological polar surface area (TPSA) is 73.1 Å². The van der Waals surface area contributed by atoms with E-state index in [1.807, 2.05) is 13.8 Å². The Morgan fingerprint density at radius 2 is 1.78 bits per heavy atom. The molecular weight excluding hydrogens is 349 g/mol. The zero-order chi connectivity index (χ0) is 19.6. The third-order valence-corrected chi connectivity index (χ3v) is 4.46. The molecule has 0 aliphatic rings. The summed E-state index contributed by atoms with van der Waals surface area (Å²) in [5, 5.41) is 3.12. The summed E-state index contributed by atoms with van der Waals surface area (Å²) in [6.07, 6.45) is 0.760. The number of rotatable bonds is 5. The van der Waals surface area contributed by atoms with Gasteiger partial charge in [-0.15, -0.1) is 0 Å². The minimum atomic E-state index is -0.649. The average Bonchev–Trinajstić information content (AvgIpc) is 2.66. The Hall–Kier alpha value is -3.22. The number of nitrogens with one attached hydrogen (secondary N) is 1. The second kappa shape index (κ2) is 7.57. The van der Waals surface area contributed by atoms with Gasteiger partial charge in [0.2, 0.25) is 5.91 Å². The van der Waals surface area contributed by atoms with Crippen molar-refractivity contribution in [2.24, 2.45) is 0 Å². The van der Waals surface area contributed by atoms with Crippen LogP contribution < -0.4 is 16.6 Å². The normalized spacial score (nSPS) is 12.1. The zero-order valence-corrected chi connectivity index (χ0v) is 15.1. The van der Waals surface area contributed by atoms with Crippen molar-refractivity contribution in [1.82, 2.24) is 14.5 Å². The number of carbonyl (C=O) groups excluding carboxylic acids is 1. The number of aromatic nitrogens is 2. The summed E-state index contributed by atoms with van der Waals surface area (Å²) in [4.78, 5) is 38.2. The molecule has 1 heterocycles. The predicted octanol–water partition coefficient (Wildman–Crippen LogP) is 2.21. The number of fused-ring (bicyclic) bond motifs is 1. The zero-order valence-electron chi connectivity index (χ0n) is 15.1. The van der Waals surface area contributed by atoms with Crippen molar-refractivity contribution >= 4 is 16.8 Å². The molecule has 0 saturated carbocycles. The first-order valence-corrected chi connectivity index (χ1v) is 8.72. The van der Waals surface area contributed by atoms with Crippen LogP contribution in [0.25, 0.3) is 16.6 Å². The number of hydrogen-bond acceptors (Lipinski definition) is 3. The molecule has 3 aromatic rings. The molecule has 0 saturated heterocycles. The van der Waals surface area contributed by atoms with Crippen molar-refractivity contribution < 1.29 is 9.18 Å². The van der Waals surface area contributed by atoms with Crippen molar-refractivity contribution in [3.63, 3.8) is 0 Å². The molecule has 0 bridgehead atoms. The molecule has 1 aromatic heterocycles. The van der Waals surface area contributed by atoms with Crippen molar-refractivity contribution in [3.05, 3.63) is 75.2 Å². The molecule has 27 heavy (non-hydrogen) atoms. The summed E-state index contributed by atoms with van der Waals surface area (Å²) in [5.41, 5.74) is -0.538. The maximum Gasteiger partial charge on any atom is 0.336 e. The average molecular weight is 369 g/mol. The van der Waals surface area contributed by atoms with Crippen LogP contribution in [-0.4, -0.2) is 21.1 Å². The van der Waals surface area contributed by atoms with E-state index in [2.05, 4.69) is 5.32 Å². The van der Waals surface area contributed by atoms with Gasteiger partial charge in [-0.3, -0.25) is 14.2 Å². The van der Waals surface area contributed by atoms with Crippen LogP contribution in [0.2, 0.25) is 0 Å². The van der Waals surface area contributed by atoms with Crippen molar-refractivity contribution in [2.45, 2.75) is 32.9 Å². The quantitative estimate of drug-likeness (QED) is 0.749. The Balaban J connectivity index is 2.20. The van der Waals surface area contributed by atoms with Crippen LogP contribution in [0.3, 0.4) is 0 Å². The van der Waals surface area contributed by atoms with Crippen LogP contribution in [-0.2, 0) is 11.3 Å². The molecule has 1 N–H and O–H groups in total. The molecular formula is C20H20FN3O3. The second-order valence-corrected chi connectivity index (χ2v) is 6.38. The van der Waals surface area contributed by atoms with E-state index in [1.165, 1.54) is 28.8 Å². The summed E-state index contributed by atoms with van der Waals surface area (Å²) in [6, 6.07) is 11.7. The summed E-state index contributed by atoms with van der Waals surface area (Å²) in [7, 11) is 0. The van der Waals surface area contributed by atoms with E-state index >= 15 is 0 Å². The Bertz CT molecular complexity index is 1100. The molecule has 0 spiro atoms. The highest BCUT2D eigenvalue weighted by Gasteiger charge is 2.17. The van der Waals surface area contributed by atoms with E-state index in [1.54, 1.807) is 24.3 Å². The second-order valence-electron chi connectivity index (χ2n) is 6.38. The molecule has 0 aliphatic heterocycles. The molecule has 0 aliphatic carbocycles. The maximum absolute atomic E-state index is 13.2. The fraction of sp³-hybridized carbons (Fsp3) is 0.250.